The molecule has 0 aliphatic heterocycles. The van der Waals surface area contributed by atoms with Crippen LogP contribution in [0.4, 0.5) is 0 Å². The van der Waals surface area contributed by atoms with Crippen molar-refractivity contribution in [2.45, 2.75) is 45.4 Å². The molecule has 0 atom stereocenters. The summed E-state index contributed by atoms with van der Waals surface area (Å²) in [4.78, 5) is 2.50. The summed E-state index contributed by atoms with van der Waals surface area (Å²) in [6.45, 7) is 7.77. The van der Waals surface area contributed by atoms with Crippen molar-refractivity contribution in [3.63, 3.8) is 0 Å². The van der Waals surface area contributed by atoms with E-state index < -0.39 is 0 Å². The Morgan fingerprint density at radius 3 is 2.56 bits per heavy atom. The Morgan fingerprint density at radius 2 is 1.94 bits per heavy atom. The molecule has 0 aromatic carbocycles. The predicted molar refractivity (Wildman–Crippen MR) is 78.1 cm³/mol. The molecule has 3 heteroatoms. The Hall–Kier alpha value is -0.120. The summed E-state index contributed by atoms with van der Waals surface area (Å²) in [7, 11) is 4.05. The van der Waals surface area contributed by atoms with E-state index in [-0.39, 0.29) is 0 Å². The number of hydrogen-bond acceptors (Lipinski definition) is 3. The molecule has 0 aromatic rings. The van der Waals surface area contributed by atoms with Gasteiger partial charge in [-0.3, -0.25) is 0 Å². The minimum absolute atomic E-state index is 0.524. The molecule has 1 N–H and O–H groups in total. The van der Waals surface area contributed by atoms with Gasteiger partial charge in [0.15, 0.2) is 0 Å². The van der Waals surface area contributed by atoms with Gasteiger partial charge in [0.2, 0.25) is 0 Å². The first-order valence-electron chi connectivity index (χ1n) is 7.61. The van der Waals surface area contributed by atoms with Crippen LogP contribution in [-0.2, 0) is 4.74 Å². The van der Waals surface area contributed by atoms with Gasteiger partial charge in [-0.1, -0.05) is 26.2 Å². The molecule has 0 spiro atoms. The van der Waals surface area contributed by atoms with E-state index in [1.807, 2.05) is 0 Å². The number of methoxy groups -OCH3 is 1. The Bertz CT molecular complexity index is 203. The van der Waals surface area contributed by atoms with Crippen LogP contribution in [0.1, 0.15) is 45.4 Å². The Labute approximate surface area is 113 Å². The smallest absolute Gasteiger partial charge is 0.0474 e. The van der Waals surface area contributed by atoms with Gasteiger partial charge in [0, 0.05) is 33.4 Å². The fourth-order valence-corrected chi connectivity index (χ4v) is 3.21. The molecule has 1 saturated carbocycles. The van der Waals surface area contributed by atoms with Crippen LogP contribution in [0.2, 0.25) is 0 Å². The van der Waals surface area contributed by atoms with Gasteiger partial charge in [-0.15, -0.1) is 0 Å². The molecule has 1 rings (SSSR count). The van der Waals surface area contributed by atoms with Gasteiger partial charge in [-0.25, -0.2) is 0 Å². The van der Waals surface area contributed by atoms with E-state index in [1.54, 1.807) is 7.11 Å². The summed E-state index contributed by atoms with van der Waals surface area (Å²) in [6, 6.07) is 0. The van der Waals surface area contributed by atoms with Gasteiger partial charge in [0.25, 0.3) is 0 Å². The molecule has 0 amide bonds. The summed E-state index contributed by atoms with van der Waals surface area (Å²) in [6.07, 6.45) is 8.20. The standard InChI is InChI=1S/C15H32N2O/c1-4-16-13-15(9-6-5-7-10-15)14-17(2)11-8-12-18-3/h16H,4-14H2,1-3H3. The SMILES string of the molecule is CCNCC1(CN(C)CCCOC)CCCCC1. The van der Waals surface area contributed by atoms with Crippen LogP contribution < -0.4 is 5.32 Å². The average molecular weight is 256 g/mol. The van der Waals surface area contributed by atoms with Crippen molar-refractivity contribution >= 4 is 0 Å². The van der Waals surface area contributed by atoms with Crippen molar-refractivity contribution in [3.8, 4) is 0 Å². The maximum atomic E-state index is 5.13. The fourth-order valence-electron chi connectivity index (χ4n) is 3.21. The summed E-state index contributed by atoms with van der Waals surface area (Å²) < 4.78 is 5.13. The van der Waals surface area contributed by atoms with Crippen molar-refractivity contribution in [3.05, 3.63) is 0 Å². The van der Waals surface area contributed by atoms with Crippen LogP contribution in [0.5, 0.6) is 0 Å². The molecule has 108 valence electrons. The zero-order valence-electron chi connectivity index (χ0n) is 12.6. The molecule has 0 unspecified atom stereocenters. The molecule has 0 heterocycles. The van der Waals surface area contributed by atoms with Crippen molar-refractivity contribution in [1.29, 1.82) is 0 Å². The van der Waals surface area contributed by atoms with Crippen molar-refractivity contribution < 1.29 is 4.74 Å². The normalized spacial score (nSPS) is 19.3. The highest BCUT2D eigenvalue weighted by Crippen LogP contribution is 2.36. The first kappa shape index (κ1) is 15.9. The monoisotopic (exact) mass is 256 g/mol. The minimum Gasteiger partial charge on any atom is -0.385 e. The highest BCUT2D eigenvalue weighted by atomic mass is 16.5. The Kier molecular flexibility index (Phi) is 7.87. The summed E-state index contributed by atoms with van der Waals surface area (Å²) >= 11 is 0. The van der Waals surface area contributed by atoms with Crippen LogP contribution in [0, 0.1) is 5.41 Å². The minimum atomic E-state index is 0.524. The largest absolute Gasteiger partial charge is 0.385 e. The molecule has 18 heavy (non-hydrogen) atoms. The van der Waals surface area contributed by atoms with Gasteiger partial charge < -0.3 is 15.0 Å². The number of nitrogens with one attached hydrogen (secondary N) is 1. The second kappa shape index (κ2) is 8.89. The predicted octanol–water partition coefficient (Wildman–Crippen LogP) is 2.51. The third-order valence-electron chi connectivity index (χ3n) is 4.16. The zero-order valence-corrected chi connectivity index (χ0v) is 12.6. The molecule has 0 aromatic heterocycles. The van der Waals surface area contributed by atoms with E-state index in [0.29, 0.717) is 5.41 Å². The lowest BCUT2D eigenvalue weighted by atomic mass is 9.73. The second-order valence-electron chi connectivity index (χ2n) is 5.93. The number of ether oxygens (including phenoxy) is 1. The summed E-state index contributed by atoms with van der Waals surface area (Å²) in [5.74, 6) is 0. The number of rotatable bonds is 9. The van der Waals surface area contributed by atoms with E-state index in [4.69, 9.17) is 4.74 Å². The third-order valence-corrected chi connectivity index (χ3v) is 4.16. The average Bonchev–Trinajstić information content (AvgIpc) is 2.38. The molecule has 0 radical (unpaired) electrons. The lowest BCUT2D eigenvalue weighted by Gasteiger charge is -2.40. The quantitative estimate of drug-likeness (QED) is 0.642. The first-order valence-corrected chi connectivity index (χ1v) is 7.61. The molecule has 1 aliphatic rings. The molecule has 0 saturated heterocycles. The van der Waals surface area contributed by atoms with Gasteiger partial charge in [-0.2, -0.15) is 0 Å². The Morgan fingerprint density at radius 1 is 1.22 bits per heavy atom. The van der Waals surface area contributed by atoms with Crippen molar-refractivity contribution in [1.82, 2.24) is 10.2 Å². The highest BCUT2D eigenvalue weighted by molar-refractivity contribution is 4.87. The van der Waals surface area contributed by atoms with Crippen LogP contribution in [0.3, 0.4) is 0 Å². The summed E-state index contributed by atoms with van der Waals surface area (Å²) in [5.41, 5.74) is 0.524. The van der Waals surface area contributed by atoms with Gasteiger partial charge >= 0.3 is 0 Å². The van der Waals surface area contributed by atoms with E-state index in [0.717, 1.165) is 26.1 Å². The van der Waals surface area contributed by atoms with Crippen molar-refractivity contribution in [2.24, 2.45) is 5.41 Å². The molecular formula is C15H32N2O. The molecule has 3 nitrogen and oxygen atoms in total. The van der Waals surface area contributed by atoms with Crippen LogP contribution in [0.25, 0.3) is 0 Å². The molecule has 1 fully saturated rings. The maximum Gasteiger partial charge on any atom is 0.0474 e. The highest BCUT2D eigenvalue weighted by Gasteiger charge is 2.32. The van der Waals surface area contributed by atoms with Gasteiger partial charge in [0.1, 0.15) is 0 Å². The second-order valence-corrected chi connectivity index (χ2v) is 5.93. The zero-order chi connectivity index (χ0) is 13.3. The molecule has 0 bridgehead atoms. The fraction of sp³-hybridized carbons (Fsp3) is 1.00. The van der Waals surface area contributed by atoms with Crippen LogP contribution >= 0.6 is 0 Å². The summed E-state index contributed by atoms with van der Waals surface area (Å²) in [5, 5.41) is 3.58. The van der Waals surface area contributed by atoms with Gasteiger partial charge in [-0.05, 0) is 38.3 Å². The van der Waals surface area contributed by atoms with E-state index >= 15 is 0 Å². The Balaban J connectivity index is 2.39. The lowest BCUT2D eigenvalue weighted by molar-refractivity contribution is 0.109. The maximum absolute atomic E-state index is 5.13. The lowest BCUT2D eigenvalue weighted by Crippen LogP contribution is -2.44. The van der Waals surface area contributed by atoms with Gasteiger partial charge in [0.05, 0.1) is 0 Å². The van der Waals surface area contributed by atoms with Crippen molar-refractivity contribution in [2.75, 3.05) is 46.9 Å². The van der Waals surface area contributed by atoms with E-state index in [1.165, 1.54) is 45.2 Å². The molecular weight excluding hydrogens is 224 g/mol. The topological polar surface area (TPSA) is 24.5 Å². The number of hydrogen-bond donors (Lipinski definition) is 1. The third kappa shape index (κ3) is 5.68. The van der Waals surface area contributed by atoms with E-state index in [9.17, 15) is 0 Å². The molecule has 1 aliphatic carbocycles. The number of nitrogens with zero attached hydrogens (tertiary/aromatic N) is 1. The van der Waals surface area contributed by atoms with E-state index in [2.05, 4.69) is 24.2 Å². The first-order chi connectivity index (χ1) is 8.72. The van der Waals surface area contributed by atoms with Crippen LogP contribution in [-0.4, -0.2) is 51.8 Å². The van der Waals surface area contributed by atoms with Crippen LogP contribution in [0.15, 0.2) is 0 Å².